The number of carbonyl (C=O) groups is 2. The Labute approximate surface area is 193 Å². The number of hydrogen-bond donors (Lipinski definition) is 1. The van der Waals surface area contributed by atoms with Crippen molar-refractivity contribution in [3.63, 3.8) is 0 Å². The standard InChI is InChI=1S/C26H26N2O3S/c1-3-17-27-26(30)28(18-16-21-8-5-4-6-9-21)22-10-7-11-25(19-22)32-24-14-12-23(13-15-24)31-20(2)29/h3-15,19H,1,16-18H2,2H3,(H,27,30). The van der Waals surface area contributed by atoms with Crippen LogP contribution in [0.15, 0.2) is 101 Å². The summed E-state index contributed by atoms with van der Waals surface area (Å²) in [7, 11) is 0. The Bertz CT molecular complexity index is 1050. The zero-order valence-electron chi connectivity index (χ0n) is 18.0. The highest BCUT2D eigenvalue weighted by atomic mass is 32.2. The molecule has 1 N–H and O–H groups in total. The van der Waals surface area contributed by atoms with Gasteiger partial charge in [-0.3, -0.25) is 9.69 Å². The first kappa shape index (κ1) is 23.2. The minimum absolute atomic E-state index is 0.159. The molecule has 0 atom stereocenters. The number of urea groups is 1. The minimum Gasteiger partial charge on any atom is -0.427 e. The van der Waals surface area contributed by atoms with E-state index in [1.54, 1.807) is 34.9 Å². The third kappa shape index (κ3) is 7.03. The van der Waals surface area contributed by atoms with Crippen LogP contribution in [-0.2, 0) is 11.2 Å². The molecule has 0 saturated carbocycles. The van der Waals surface area contributed by atoms with Gasteiger partial charge in [0.15, 0.2) is 0 Å². The quantitative estimate of drug-likeness (QED) is 0.260. The average molecular weight is 447 g/mol. The summed E-state index contributed by atoms with van der Waals surface area (Å²) in [5.41, 5.74) is 2.00. The summed E-state index contributed by atoms with van der Waals surface area (Å²) >= 11 is 1.58. The predicted molar refractivity (Wildman–Crippen MR) is 129 cm³/mol. The van der Waals surface area contributed by atoms with Gasteiger partial charge in [-0.1, -0.05) is 54.2 Å². The molecule has 0 unspecified atom stereocenters. The minimum atomic E-state index is -0.344. The Morgan fingerprint density at radius 1 is 1.00 bits per heavy atom. The van der Waals surface area contributed by atoms with Crippen molar-refractivity contribution >= 4 is 29.4 Å². The van der Waals surface area contributed by atoms with Crippen LogP contribution >= 0.6 is 11.8 Å². The fourth-order valence-electron chi connectivity index (χ4n) is 3.08. The van der Waals surface area contributed by atoms with Crippen LogP contribution in [0.1, 0.15) is 12.5 Å². The smallest absolute Gasteiger partial charge is 0.322 e. The van der Waals surface area contributed by atoms with Crippen molar-refractivity contribution in [2.45, 2.75) is 23.1 Å². The van der Waals surface area contributed by atoms with E-state index in [0.717, 1.165) is 21.9 Å². The number of benzene rings is 3. The largest absolute Gasteiger partial charge is 0.427 e. The molecule has 5 nitrogen and oxygen atoms in total. The van der Waals surface area contributed by atoms with Crippen LogP contribution in [0.5, 0.6) is 5.75 Å². The molecule has 0 fully saturated rings. The van der Waals surface area contributed by atoms with Gasteiger partial charge in [-0.25, -0.2) is 4.79 Å². The third-order valence-corrected chi connectivity index (χ3v) is 5.56. The van der Waals surface area contributed by atoms with Crippen LogP contribution in [0, 0.1) is 0 Å². The average Bonchev–Trinajstić information content (AvgIpc) is 2.80. The van der Waals surface area contributed by atoms with E-state index in [1.807, 2.05) is 54.6 Å². The van der Waals surface area contributed by atoms with E-state index >= 15 is 0 Å². The van der Waals surface area contributed by atoms with Crippen molar-refractivity contribution in [3.8, 4) is 5.75 Å². The molecule has 6 heteroatoms. The molecule has 2 amide bonds. The molecule has 32 heavy (non-hydrogen) atoms. The highest BCUT2D eigenvalue weighted by Crippen LogP contribution is 2.31. The van der Waals surface area contributed by atoms with Crippen LogP contribution in [0.3, 0.4) is 0 Å². The number of amides is 2. The van der Waals surface area contributed by atoms with Crippen molar-refractivity contribution in [2.24, 2.45) is 0 Å². The monoisotopic (exact) mass is 446 g/mol. The fraction of sp³-hybridized carbons (Fsp3) is 0.154. The van der Waals surface area contributed by atoms with E-state index in [2.05, 4.69) is 24.0 Å². The molecule has 0 aliphatic rings. The summed E-state index contributed by atoms with van der Waals surface area (Å²) in [5, 5.41) is 2.88. The lowest BCUT2D eigenvalue weighted by atomic mass is 10.1. The topological polar surface area (TPSA) is 58.6 Å². The van der Waals surface area contributed by atoms with E-state index in [0.29, 0.717) is 18.8 Å². The number of nitrogens with zero attached hydrogens (tertiary/aromatic N) is 1. The van der Waals surface area contributed by atoms with Crippen LogP contribution < -0.4 is 15.0 Å². The second-order valence-electron chi connectivity index (χ2n) is 7.03. The predicted octanol–water partition coefficient (Wildman–Crippen LogP) is 5.71. The lowest BCUT2D eigenvalue weighted by Gasteiger charge is -2.23. The number of ether oxygens (including phenoxy) is 1. The molecule has 0 radical (unpaired) electrons. The first-order valence-electron chi connectivity index (χ1n) is 10.3. The second-order valence-corrected chi connectivity index (χ2v) is 8.17. The van der Waals surface area contributed by atoms with Gasteiger partial charge in [0.1, 0.15) is 5.75 Å². The van der Waals surface area contributed by atoms with Gasteiger partial charge < -0.3 is 10.1 Å². The summed E-state index contributed by atoms with van der Waals surface area (Å²) in [6.45, 7) is 6.02. The normalized spacial score (nSPS) is 10.3. The molecule has 3 rings (SSSR count). The number of esters is 1. The number of hydrogen-bond acceptors (Lipinski definition) is 4. The first-order chi connectivity index (χ1) is 15.5. The van der Waals surface area contributed by atoms with Crippen molar-refractivity contribution in [3.05, 3.63) is 97.1 Å². The van der Waals surface area contributed by atoms with Crippen molar-refractivity contribution in [2.75, 3.05) is 18.0 Å². The van der Waals surface area contributed by atoms with Gasteiger partial charge in [-0.2, -0.15) is 0 Å². The maximum absolute atomic E-state index is 12.8. The number of carbonyl (C=O) groups excluding carboxylic acids is 2. The van der Waals surface area contributed by atoms with Crippen LogP contribution in [-0.4, -0.2) is 25.1 Å². The molecule has 0 heterocycles. The van der Waals surface area contributed by atoms with Gasteiger partial charge in [0.2, 0.25) is 0 Å². The van der Waals surface area contributed by atoms with Gasteiger partial charge in [-0.15, -0.1) is 6.58 Å². The highest BCUT2D eigenvalue weighted by Gasteiger charge is 2.16. The highest BCUT2D eigenvalue weighted by molar-refractivity contribution is 7.99. The summed E-state index contributed by atoms with van der Waals surface area (Å²) in [4.78, 5) is 27.7. The van der Waals surface area contributed by atoms with E-state index in [9.17, 15) is 9.59 Å². The van der Waals surface area contributed by atoms with Crippen molar-refractivity contribution in [1.82, 2.24) is 5.32 Å². The zero-order chi connectivity index (χ0) is 22.8. The summed E-state index contributed by atoms with van der Waals surface area (Å²) in [6, 6.07) is 25.2. The Balaban J connectivity index is 1.75. The molecule has 164 valence electrons. The van der Waals surface area contributed by atoms with Gasteiger partial charge in [0, 0.05) is 35.5 Å². The SMILES string of the molecule is C=CCNC(=O)N(CCc1ccccc1)c1cccc(Sc2ccc(OC(C)=O)cc2)c1. The molecule has 0 aliphatic heterocycles. The van der Waals surface area contributed by atoms with Gasteiger partial charge in [0.05, 0.1) is 0 Å². The van der Waals surface area contributed by atoms with Crippen molar-refractivity contribution < 1.29 is 14.3 Å². The van der Waals surface area contributed by atoms with Crippen LogP contribution in [0.2, 0.25) is 0 Å². The Kier molecular flexibility index (Phi) is 8.52. The molecule has 0 aromatic heterocycles. The summed E-state index contributed by atoms with van der Waals surface area (Å²) < 4.78 is 5.09. The van der Waals surface area contributed by atoms with Gasteiger partial charge in [-0.05, 0) is 54.4 Å². The lowest BCUT2D eigenvalue weighted by Crippen LogP contribution is -2.41. The Morgan fingerprint density at radius 2 is 1.75 bits per heavy atom. The summed E-state index contributed by atoms with van der Waals surface area (Å²) in [6.07, 6.45) is 2.41. The maximum Gasteiger partial charge on any atom is 0.322 e. The lowest BCUT2D eigenvalue weighted by molar-refractivity contribution is -0.131. The van der Waals surface area contributed by atoms with Crippen LogP contribution in [0.4, 0.5) is 10.5 Å². The molecule has 0 spiro atoms. The molecular formula is C26H26N2O3S. The molecule has 0 aliphatic carbocycles. The second kappa shape index (κ2) is 11.8. The van der Waals surface area contributed by atoms with Crippen molar-refractivity contribution in [1.29, 1.82) is 0 Å². The van der Waals surface area contributed by atoms with E-state index in [-0.39, 0.29) is 12.0 Å². The molecular weight excluding hydrogens is 420 g/mol. The fourth-order valence-corrected chi connectivity index (χ4v) is 3.95. The molecule has 0 saturated heterocycles. The number of anilines is 1. The van der Waals surface area contributed by atoms with E-state index in [4.69, 9.17) is 4.74 Å². The van der Waals surface area contributed by atoms with E-state index in [1.165, 1.54) is 12.5 Å². The summed E-state index contributed by atoms with van der Waals surface area (Å²) in [5.74, 6) is 0.171. The first-order valence-corrected chi connectivity index (χ1v) is 11.1. The number of nitrogens with one attached hydrogen (secondary N) is 1. The molecule has 0 bridgehead atoms. The molecule has 3 aromatic carbocycles. The Hall–Kier alpha value is -3.51. The zero-order valence-corrected chi connectivity index (χ0v) is 18.8. The third-order valence-electron chi connectivity index (χ3n) is 4.56. The number of rotatable bonds is 9. The van der Waals surface area contributed by atoms with Gasteiger partial charge in [0.25, 0.3) is 0 Å². The maximum atomic E-state index is 12.8. The van der Waals surface area contributed by atoms with E-state index < -0.39 is 0 Å². The van der Waals surface area contributed by atoms with Gasteiger partial charge >= 0.3 is 12.0 Å². The molecule has 3 aromatic rings. The Morgan fingerprint density at radius 3 is 2.44 bits per heavy atom. The van der Waals surface area contributed by atoms with Crippen LogP contribution in [0.25, 0.3) is 0 Å².